The van der Waals surface area contributed by atoms with Crippen molar-refractivity contribution < 1.29 is 0 Å². The SMILES string of the molecule is Cc1ccccc1C1=CCCC=C1N. The van der Waals surface area contributed by atoms with Gasteiger partial charge in [0.1, 0.15) is 0 Å². The zero-order valence-electron chi connectivity index (χ0n) is 8.46. The van der Waals surface area contributed by atoms with E-state index in [-0.39, 0.29) is 0 Å². The van der Waals surface area contributed by atoms with Gasteiger partial charge in [-0.25, -0.2) is 0 Å². The summed E-state index contributed by atoms with van der Waals surface area (Å²) < 4.78 is 0. The number of hydrogen-bond acceptors (Lipinski definition) is 1. The average Bonchev–Trinajstić information content (AvgIpc) is 2.20. The Hall–Kier alpha value is -1.50. The number of nitrogens with two attached hydrogens (primary N) is 1. The molecule has 2 rings (SSSR count). The van der Waals surface area contributed by atoms with E-state index in [0.29, 0.717) is 0 Å². The zero-order valence-corrected chi connectivity index (χ0v) is 8.46. The lowest BCUT2D eigenvalue weighted by atomic mass is 9.94. The van der Waals surface area contributed by atoms with Gasteiger partial charge < -0.3 is 5.73 Å². The van der Waals surface area contributed by atoms with Gasteiger partial charge in [-0.05, 0) is 30.9 Å². The maximum Gasteiger partial charge on any atom is 0.0350 e. The van der Waals surface area contributed by atoms with Crippen molar-refractivity contribution in [2.75, 3.05) is 0 Å². The maximum atomic E-state index is 5.97. The molecule has 1 aliphatic rings. The highest BCUT2D eigenvalue weighted by Gasteiger charge is 2.09. The largest absolute Gasteiger partial charge is 0.398 e. The number of aryl methyl sites for hydroxylation is 1. The van der Waals surface area contributed by atoms with Crippen LogP contribution in [0.4, 0.5) is 0 Å². The average molecular weight is 185 g/mol. The monoisotopic (exact) mass is 185 g/mol. The summed E-state index contributed by atoms with van der Waals surface area (Å²) in [5.41, 5.74) is 10.7. The molecule has 14 heavy (non-hydrogen) atoms. The van der Waals surface area contributed by atoms with E-state index in [4.69, 9.17) is 5.73 Å². The fraction of sp³-hybridized carbons (Fsp3) is 0.231. The second-order valence-corrected chi connectivity index (χ2v) is 3.67. The molecule has 1 aromatic carbocycles. The predicted molar refractivity (Wildman–Crippen MR) is 60.7 cm³/mol. The van der Waals surface area contributed by atoms with Crippen molar-refractivity contribution in [3.05, 3.63) is 53.2 Å². The van der Waals surface area contributed by atoms with Crippen molar-refractivity contribution in [3.63, 3.8) is 0 Å². The molecule has 0 amide bonds. The second-order valence-electron chi connectivity index (χ2n) is 3.67. The van der Waals surface area contributed by atoms with Gasteiger partial charge in [-0.1, -0.05) is 36.4 Å². The predicted octanol–water partition coefficient (Wildman–Crippen LogP) is 3.01. The molecule has 0 radical (unpaired) electrons. The van der Waals surface area contributed by atoms with Crippen LogP contribution >= 0.6 is 0 Å². The lowest BCUT2D eigenvalue weighted by Crippen LogP contribution is -2.04. The highest BCUT2D eigenvalue weighted by Crippen LogP contribution is 2.27. The topological polar surface area (TPSA) is 26.0 Å². The third-order valence-corrected chi connectivity index (χ3v) is 2.63. The number of hydrogen-bond donors (Lipinski definition) is 1. The Bertz CT molecular complexity index is 399. The Labute approximate surface area is 84.9 Å². The van der Waals surface area contributed by atoms with E-state index in [2.05, 4.69) is 43.3 Å². The number of rotatable bonds is 1. The molecule has 0 aromatic heterocycles. The van der Waals surface area contributed by atoms with Gasteiger partial charge in [-0.3, -0.25) is 0 Å². The Kier molecular flexibility index (Phi) is 2.40. The molecule has 1 aromatic rings. The van der Waals surface area contributed by atoms with Crippen molar-refractivity contribution >= 4 is 5.57 Å². The molecule has 0 fully saturated rings. The zero-order chi connectivity index (χ0) is 9.97. The fourth-order valence-electron chi connectivity index (χ4n) is 1.83. The molecule has 0 spiro atoms. The molecule has 0 atom stereocenters. The molecule has 1 nitrogen and oxygen atoms in total. The van der Waals surface area contributed by atoms with E-state index in [1.54, 1.807) is 0 Å². The lowest BCUT2D eigenvalue weighted by Gasteiger charge is -2.14. The molecular weight excluding hydrogens is 170 g/mol. The van der Waals surface area contributed by atoms with E-state index < -0.39 is 0 Å². The molecule has 0 bridgehead atoms. The summed E-state index contributed by atoms with van der Waals surface area (Å²) >= 11 is 0. The summed E-state index contributed by atoms with van der Waals surface area (Å²) in [5, 5.41) is 0. The van der Waals surface area contributed by atoms with E-state index in [1.807, 2.05) is 0 Å². The molecule has 0 aliphatic heterocycles. The quantitative estimate of drug-likeness (QED) is 0.715. The first-order chi connectivity index (χ1) is 6.79. The van der Waals surface area contributed by atoms with E-state index in [0.717, 1.165) is 18.5 Å². The summed E-state index contributed by atoms with van der Waals surface area (Å²) in [6.45, 7) is 2.12. The summed E-state index contributed by atoms with van der Waals surface area (Å²) in [5.74, 6) is 0. The first-order valence-corrected chi connectivity index (χ1v) is 5.01. The van der Waals surface area contributed by atoms with Crippen LogP contribution in [0.5, 0.6) is 0 Å². The standard InChI is InChI=1S/C13H15N/c1-10-6-2-3-7-11(10)12-8-4-5-9-13(12)14/h2-3,6-9H,4-5,14H2,1H3. The van der Waals surface area contributed by atoms with Gasteiger partial charge in [-0.15, -0.1) is 0 Å². The van der Waals surface area contributed by atoms with Gasteiger partial charge in [0.05, 0.1) is 0 Å². The van der Waals surface area contributed by atoms with Gasteiger partial charge >= 0.3 is 0 Å². The summed E-state index contributed by atoms with van der Waals surface area (Å²) in [7, 11) is 0. The van der Waals surface area contributed by atoms with Crippen LogP contribution in [0.1, 0.15) is 24.0 Å². The highest BCUT2D eigenvalue weighted by atomic mass is 14.6. The van der Waals surface area contributed by atoms with Crippen LogP contribution in [0.2, 0.25) is 0 Å². The summed E-state index contributed by atoms with van der Waals surface area (Å²) in [6.07, 6.45) is 6.52. The minimum atomic E-state index is 0.922. The van der Waals surface area contributed by atoms with E-state index in [9.17, 15) is 0 Å². The van der Waals surface area contributed by atoms with Crippen molar-refractivity contribution in [2.24, 2.45) is 5.73 Å². The van der Waals surface area contributed by atoms with Crippen molar-refractivity contribution in [3.8, 4) is 0 Å². The van der Waals surface area contributed by atoms with E-state index >= 15 is 0 Å². The van der Waals surface area contributed by atoms with Gasteiger partial charge in [0.25, 0.3) is 0 Å². The third-order valence-electron chi connectivity index (χ3n) is 2.63. The minimum absolute atomic E-state index is 0.922. The van der Waals surface area contributed by atoms with Crippen LogP contribution in [-0.2, 0) is 0 Å². The van der Waals surface area contributed by atoms with Crippen LogP contribution in [0.15, 0.2) is 42.1 Å². The minimum Gasteiger partial charge on any atom is -0.398 e. The second kappa shape index (κ2) is 3.70. The number of benzene rings is 1. The smallest absolute Gasteiger partial charge is 0.0350 e. The highest BCUT2D eigenvalue weighted by molar-refractivity contribution is 5.80. The molecule has 72 valence electrons. The first-order valence-electron chi connectivity index (χ1n) is 5.01. The Morgan fingerprint density at radius 2 is 1.79 bits per heavy atom. The van der Waals surface area contributed by atoms with E-state index in [1.165, 1.54) is 16.7 Å². The Morgan fingerprint density at radius 1 is 1.07 bits per heavy atom. The van der Waals surface area contributed by atoms with Crippen LogP contribution in [0.25, 0.3) is 5.57 Å². The van der Waals surface area contributed by atoms with Crippen molar-refractivity contribution in [2.45, 2.75) is 19.8 Å². The van der Waals surface area contributed by atoms with Crippen LogP contribution in [0, 0.1) is 6.92 Å². The molecule has 1 aliphatic carbocycles. The molecular formula is C13H15N. The van der Waals surface area contributed by atoms with Gasteiger partial charge in [0.2, 0.25) is 0 Å². The lowest BCUT2D eigenvalue weighted by molar-refractivity contribution is 1.02. The first kappa shape index (κ1) is 9.07. The van der Waals surface area contributed by atoms with Crippen LogP contribution in [-0.4, -0.2) is 0 Å². The van der Waals surface area contributed by atoms with Crippen molar-refractivity contribution in [1.29, 1.82) is 0 Å². The Morgan fingerprint density at radius 3 is 2.50 bits per heavy atom. The number of allylic oxidation sites excluding steroid dienone is 3. The molecule has 2 N–H and O–H groups in total. The van der Waals surface area contributed by atoms with Crippen LogP contribution < -0.4 is 5.73 Å². The summed E-state index contributed by atoms with van der Waals surface area (Å²) in [4.78, 5) is 0. The fourth-order valence-corrected chi connectivity index (χ4v) is 1.83. The van der Waals surface area contributed by atoms with Gasteiger partial charge in [-0.2, -0.15) is 0 Å². The summed E-state index contributed by atoms with van der Waals surface area (Å²) in [6, 6.07) is 8.37. The van der Waals surface area contributed by atoms with Crippen molar-refractivity contribution in [1.82, 2.24) is 0 Å². The van der Waals surface area contributed by atoms with Gasteiger partial charge in [0, 0.05) is 11.3 Å². The molecule has 0 unspecified atom stereocenters. The van der Waals surface area contributed by atoms with Gasteiger partial charge in [0.15, 0.2) is 0 Å². The third kappa shape index (κ3) is 1.58. The molecule has 0 saturated heterocycles. The normalized spacial score (nSPS) is 16.1. The Balaban J connectivity index is 2.45. The maximum absolute atomic E-state index is 5.97. The molecule has 1 heteroatoms. The van der Waals surface area contributed by atoms with Crippen LogP contribution in [0.3, 0.4) is 0 Å². The molecule has 0 heterocycles. The molecule has 0 saturated carbocycles.